The van der Waals surface area contributed by atoms with Gasteiger partial charge >= 0.3 is 0 Å². The Labute approximate surface area is 227 Å². The highest BCUT2D eigenvalue weighted by molar-refractivity contribution is 6.09. The lowest BCUT2D eigenvalue weighted by Crippen LogP contribution is -2.09. The van der Waals surface area contributed by atoms with Crippen molar-refractivity contribution in [2.75, 3.05) is 0 Å². The Hall–Kier alpha value is -2.35. The van der Waals surface area contributed by atoms with Crippen molar-refractivity contribution in [3.8, 4) is 0 Å². The standard InChI is InChI=1S/C35H52O2/c1-8-15-26(12-5)29-21-30(27(13-6)16-9-2)23-32(22-29)35(37)34(36)24-31-20-25(11-4)18-19-33(31)28(14-7)17-10-3/h18-24,26-28,36H,8-17H2,1-7H3/b34-24-. The Morgan fingerprint density at radius 2 is 1.24 bits per heavy atom. The Morgan fingerprint density at radius 1 is 0.730 bits per heavy atom. The van der Waals surface area contributed by atoms with Gasteiger partial charge in [0.05, 0.1) is 0 Å². The molecule has 37 heavy (non-hydrogen) atoms. The van der Waals surface area contributed by atoms with Crippen LogP contribution in [0.25, 0.3) is 6.08 Å². The van der Waals surface area contributed by atoms with E-state index in [9.17, 15) is 9.90 Å². The molecule has 0 saturated carbocycles. The van der Waals surface area contributed by atoms with Crippen LogP contribution in [0.5, 0.6) is 0 Å². The van der Waals surface area contributed by atoms with Gasteiger partial charge in [0, 0.05) is 5.56 Å². The minimum absolute atomic E-state index is 0.156. The molecule has 0 aliphatic heterocycles. The molecule has 0 bridgehead atoms. The maximum atomic E-state index is 13.7. The van der Waals surface area contributed by atoms with Gasteiger partial charge in [0.15, 0.2) is 5.76 Å². The van der Waals surface area contributed by atoms with E-state index in [1.165, 1.54) is 22.3 Å². The summed E-state index contributed by atoms with van der Waals surface area (Å²) in [6.45, 7) is 15.5. The van der Waals surface area contributed by atoms with Gasteiger partial charge in [-0.25, -0.2) is 0 Å². The molecule has 2 aromatic carbocycles. The second-order valence-corrected chi connectivity index (χ2v) is 10.7. The SMILES string of the molecule is CCCC(CC)c1cc(C(=O)/C(O)=C/c2cc(CC)ccc2C(CC)CCC)cc(C(CC)CCC)c1. The Kier molecular flexibility index (Phi) is 13.2. The van der Waals surface area contributed by atoms with Gasteiger partial charge in [-0.3, -0.25) is 4.79 Å². The van der Waals surface area contributed by atoms with Gasteiger partial charge in [0.25, 0.3) is 0 Å². The molecule has 0 fully saturated rings. The maximum Gasteiger partial charge on any atom is 0.227 e. The Balaban J connectivity index is 2.59. The second kappa shape index (κ2) is 15.8. The van der Waals surface area contributed by atoms with E-state index in [-0.39, 0.29) is 11.5 Å². The third-order valence-electron chi connectivity index (χ3n) is 8.10. The number of rotatable bonds is 16. The topological polar surface area (TPSA) is 37.3 Å². The van der Waals surface area contributed by atoms with Gasteiger partial charge in [-0.2, -0.15) is 0 Å². The smallest absolute Gasteiger partial charge is 0.227 e. The lowest BCUT2D eigenvalue weighted by molar-refractivity contribution is 0.0980. The highest BCUT2D eigenvalue weighted by Crippen LogP contribution is 2.34. The van der Waals surface area contributed by atoms with Crippen molar-refractivity contribution in [3.05, 3.63) is 75.5 Å². The number of allylic oxidation sites excluding steroid dienone is 1. The minimum Gasteiger partial charge on any atom is -0.504 e. The highest BCUT2D eigenvalue weighted by Gasteiger charge is 2.20. The molecular weight excluding hydrogens is 452 g/mol. The van der Waals surface area contributed by atoms with Crippen LogP contribution in [-0.4, -0.2) is 10.9 Å². The molecule has 0 aliphatic carbocycles. The minimum atomic E-state index is -0.266. The van der Waals surface area contributed by atoms with Crippen molar-refractivity contribution >= 4 is 11.9 Å². The van der Waals surface area contributed by atoms with Crippen molar-refractivity contribution in [3.63, 3.8) is 0 Å². The molecule has 3 atom stereocenters. The number of ketones is 1. The van der Waals surface area contributed by atoms with E-state index < -0.39 is 0 Å². The summed E-state index contributed by atoms with van der Waals surface area (Å²) in [7, 11) is 0. The van der Waals surface area contributed by atoms with Gasteiger partial charge in [-0.15, -0.1) is 0 Å². The number of aryl methyl sites for hydroxylation is 1. The summed E-state index contributed by atoms with van der Waals surface area (Å²) < 4.78 is 0. The molecule has 0 aliphatic rings. The summed E-state index contributed by atoms with van der Waals surface area (Å²) in [6.07, 6.45) is 12.5. The van der Waals surface area contributed by atoms with Crippen LogP contribution < -0.4 is 0 Å². The highest BCUT2D eigenvalue weighted by atomic mass is 16.3. The molecule has 2 heteroatoms. The van der Waals surface area contributed by atoms with Crippen LogP contribution in [0.15, 0.2) is 42.2 Å². The first-order valence-corrected chi connectivity index (χ1v) is 15.1. The molecule has 1 N–H and O–H groups in total. The molecular formula is C35H52O2. The van der Waals surface area contributed by atoms with Gasteiger partial charge in [0.1, 0.15) is 0 Å². The molecule has 2 aromatic rings. The van der Waals surface area contributed by atoms with Crippen LogP contribution in [-0.2, 0) is 6.42 Å². The summed E-state index contributed by atoms with van der Waals surface area (Å²) in [6, 6.07) is 13.0. The number of benzene rings is 2. The first-order chi connectivity index (χ1) is 17.9. The van der Waals surface area contributed by atoms with Gasteiger partial charge in [-0.1, -0.05) is 92.0 Å². The molecule has 2 nitrogen and oxygen atoms in total. The fourth-order valence-corrected chi connectivity index (χ4v) is 5.82. The molecule has 0 heterocycles. The number of carbonyl (C=O) groups is 1. The van der Waals surface area contributed by atoms with Crippen LogP contribution in [0, 0.1) is 0 Å². The third kappa shape index (κ3) is 8.32. The van der Waals surface area contributed by atoms with Crippen molar-refractivity contribution in [1.29, 1.82) is 0 Å². The third-order valence-corrected chi connectivity index (χ3v) is 8.10. The van der Waals surface area contributed by atoms with Crippen LogP contribution in [0.4, 0.5) is 0 Å². The van der Waals surface area contributed by atoms with Crippen LogP contribution in [0.1, 0.15) is 162 Å². The fourth-order valence-electron chi connectivity index (χ4n) is 5.82. The number of Topliss-reactive ketones (excluding diaryl/α,β-unsaturated/α-hetero) is 1. The summed E-state index contributed by atoms with van der Waals surface area (Å²) in [5.74, 6) is 0.884. The molecule has 0 radical (unpaired) electrons. The van der Waals surface area contributed by atoms with Gasteiger partial charge in [-0.05, 0) is 109 Å². The predicted molar refractivity (Wildman–Crippen MR) is 161 cm³/mol. The van der Waals surface area contributed by atoms with E-state index in [0.29, 0.717) is 23.3 Å². The monoisotopic (exact) mass is 504 g/mol. The summed E-state index contributed by atoms with van der Waals surface area (Å²) in [5.41, 5.74) is 6.56. The zero-order chi connectivity index (χ0) is 27.4. The number of hydrogen-bond donors (Lipinski definition) is 1. The van der Waals surface area contributed by atoms with Crippen molar-refractivity contribution in [1.82, 2.24) is 0 Å². The first kappa shape index (κ1) is 30.9. The van der Waals surface area contributed by atoms with Crippen LogP contribution >= 0.6 is 0 Å². The largest absolute Gasteiger partial charge is 0.504 e. The van der Waals surface area contributed by atoms with Gasteiger partial charge in [0.2, 0.25) is 5.78 Å². The molecule has 0 saturated heterocycles. The number of carbonyl (C=O) groups excluding carboxylic acids is 1. The lowest BCUT2D eigenvalue weighted by atomic mass is 9.84. The first-order valence-electron chi connectivity index (χ1n) is 15.1. The molecule has 2 rings (SSSR count). The van der Waals surface area contributed by atoms with E-state index in [2.05, 4.69) is 72.7 Å². The lowest BCUT2D eigenvalue weighted by Gasteiger charge is -2.21. The average molecular weight is 505 g/mol. The van der Waals surface area contributed by atoms with Gasteiger partial charge < -0.3 is 5.11 Å². The summed E-state index contributed by atoms with van der Waals surface area (Å²) >= 11 is 0. The Bertz CT molecular complexity index is 984. The number of hydrogen-bond acceptors (Lipinski definition) is 2. The molecule has 0 amide bonds. The second-order valence-electron chi connectivity index (χ2n) is 10.7. The fraction of sp³-hybridized carbons (Fsp3) is 0.571. The van der Waals surface area contributed by atoms with E-state index >= 15 is 0 Å². The normalized spacial score (nSPS) is 14.4. The quantitative estimate of drug-likeness (QED) is 0.140. The van der Waals surface area contributed by atoms with Crippen molar-refractivity contribution < 1.29 is 9.90 Å². The zero-order valence-electron chi connectivity index (χ0n) is 24.7. The van der Waals surface area contributed by atoms with E-state index in [1.54, 1.807) is 6.08 Å². The molecule has 0 aromatic heterocycles. The molecule has 3 unspecified atom stereocenters. The van der Waals surface area contributed by atoms with E-state index in [4.69, 9.17) is 0 Å². The molecule has 0 spiro atoms. The van der Waals surface area contributed by atoms with E-state index in [0.717, 1.165) is 69.8 Å². The van der Waals surface area contributed by atoms with E-state index in [1.807, 2.05) is 12.1 Å². The maximum absolute atomic E-state index is 13.7. The van der Waals surface area contributed by atoms with Crippen molar-refractivity contribution in [2.24, 2.45) is 0 Å². The Morgan fingerprint density at radius 3 is 1.70 bits per heavy atom. The number of aliphatic hydroxyl groups excluding tert-OH is 1. The van der Waals surface area contributed by atoms with Crippen molar-refractivity contribution in [2.45, 2.75) is 130 Å². The zero-order valence-corrected chi connectivity index (χ0v) is 24.7. The predicted octanol–water partition coefficient (Wildman–Crippen LogP) is 10.9. The average Bonchev–Trinajstić information content (AvgIpc) is 2.92. The summed E-state index contributed by atoms with van der Waals surface area (Å²) in [5, 5.41) is 11.2. The number of aliphatic hydroxyl groups is 1. The molecule has 204 valence electrons. The van der Waals surface area contributed by atoms with Crippen LogP contribution in [0.3, 0.4) is 0 Å². The van der Waals surface area contributed by atoms with Crippen LogP contribution in [0.2, 0.25) is 0 Å². The summed E-state index contributed by atoms with van der Waals surface area (Å²) in [4.78, 5) is 13.7.